The Kier molecular flexibility index (Phi) is 5.53. The number of aromatic nitrogens is 2. The van der Waals surface area contributed by atoms with Gasteiger partial charge in [-0.05, 0) is 51.0 Å². The van der Waals surface area contributed by atoms with Crippen molar-refractivity contribution in [1.29, 1.82) is 0 Å². The molecule has 0 unspecified atom stereocenters. The monoisotopic (exact) mass is 359 g/mol. The zero-order valence-corrected chi connectivity index (χ0v) is 15.2. The molecule has 1 aromatic heterocycles. The molecule has 0 aliphatic carbocycles. The summed E-state index contributed by atoms with van der Waals surface area (Å²) in [5, 5.41) is 8.39. The summed E-state index contributed by atoms with van der Waals surface area (Å²) in [6.07, 6.45) is 1.91. The summed E-state index contributed by atoms with van der Waals surface area (Å²) in [7, 11) is 0. The molecule has 0 amide bonds. The zero-order valence-electron chi connectivity index (χ0n) is 14.5. The van der Waals surface area contributed by atoms with Crippen LogP contribution < -0.4 is 9.64 Å². The number of halogens is 1. The van der Waals surface area contributed by atoms with Gasteiger partial charge in [-0.25, -0.2) is 0 Å². The molecule has 2 heterocycles. The van der Waals surface area contributed by atoms with Crippen molar-refractivity contribution in [3.05, 3.63) is 47.1 Å². The molecule has 2 aromatic rings. The van der Waals surface area contributed by atoms with Gasteiger partial charge in [0.25, 0.3) is 0 Å². The summed E-state index contributed by atoms with van der Waals surface area (Å²) in [6, 6.07) is 11.0. The summed E-state index contributed by atoms with van der Waals surface area (Å²) in [5.74, 6) is 1.59. The van der Waals surface area contributed by atoms with E-state index in [9.17, 15) is 4.79 Å². The third-order valence-corrected chi connectivity index (χ3v) is 4.43. The van der Waals surface area contributed by atoms with E-state index in [0.717, 1.165) is 31.0 Å². The van der Waals surface area contributed by atoms with E-state index in [-0.39, 0.29) is 17.8 Å². The number of piperidine rings is 1. The molecular formula is C19H22ClN3O2. The minimum atomic E-state index is -0.0551. The van der Waals surface area contributed by atoms with Crippen molar-refractivity contribution < 1.29 is 9.53 Å². The molecule has 1 aliphatic heterocycles. The average molecular weight is 360 g/mol. The van der Waals surface area contributed by atoms with Crippen LogP contribution in [0, 0.1) is 5.92 Å². The van der Waals surface area contributed by atoms with Crippen molar-refractivity contribution in [3.8, 4) is 5.75 Å². The van der Waals surface area contributed by atoms with E-state index in [2.05, 4.69) is 15.1 Å². The minimum absolute atomic E-state index is 0.0551. The maximum atomic E-state index is 12.9. The standard InChI is InChI=1S/C19H22ClN3O2/c1-13(2)25-16-7-3-5-14(11-16)19(24)15-6-4-10-23(12-15)18-9-8-17(20)21-22-18/h3,5,7-9,11,13,15H,4,6,10,12H2,1-2H3/t15-/m0/s1. The number of benzene rings is 1. The predicted octanol–water partition coefficient (Wildman–Crippen LogP) is 4.02. The van der Waals surface area contributed by atoms with Gasteiger partial charge in [-0.1, -0.05) is 23.7 Å². The maximum absolute atomic E-state index is 12.9. The van der Waals surface area contributed by atoms with Crippen molar-refractivity contribution in [3.63, 3.8) is 0 Å². The first-order valence-corrected chi connectivity index (χ1v) is 8.96. The van der Waals surface area contributed by atoms with Gasteiger partial charge in [0.05, 0.1) is 6.10 Å². The Morgan fingerprint density at radius 1 is 1.28 bits per heavy atom. The van der Waals surface area contributed by atoms with Gasteiger partial charge >= 0.3 is 0 Å². The molecule has 1 atom stereocenters. The van der Waals surface area contributed by atoms with Crippen LogP contribution in [-0.4, -0.2) is 35.2 Å². The summed E-state index contributed by atoms with van der Waals surface area (Å²) in [6.45, 7) is 5.46. The fraction of sp³-hybridized carbons (Fsp3) is 0.421. The van der Waals surface area contributed by atoms with Crippen LogP contribution >= 0.6 is 11.6 Å². The molecule has 0 saturated carbocycles. The normalized spacial score (nSPS) is 17.6. The van der Waals surface area contributed by atoms with E-state index in [1.54, 1.807) is 6.07 Å². The van der Waals surface area contributed by atoms with Gasteiger partial charge in [0.1, 0.15) is 5.75 Å². The quantitative estimate of drug-likeness (QED) is 0.755. The molecule has 6 heteroatoms. The van der Waals surface area contributed by atoms with Crippen molar-refractivity contribution in [2.24, 2.45) is 5.92 Å². The van der Waals surface area contributed by atoms with Crippen molar-refractivity contribution in [1.82, 2.24) is 10.2 Å². The lowest BCUT2D eigenvalue weighted by molar-refractivity contribution is 0.0906. The lowest BCUT2D eigenvalue weighted by Gasteiger charge is -2.32. The van der Waals surface area contributed by atoms with Crippen molar-refractivity contribution in [2.75, 3.05) is 18.0 Å². The maximum Gasteiger partial charge on any atom is 0.167 e. The predicted molar refractivity (Wildman–Crippen MR) is 98.5 cm³/mol. The highest BCUT2D eigenvalue weighted by Crippen LogP contribution is 2.26. The third kappa shape index (κ3) is 4.48. The topological polar surface area (TPSA) is 55.3 Å². The van der Waals surface area contributed by atoms with Crippen LogP contribution in [0.3, 0.4) is 0 Å². The van der Waals surface area contributed by atoms with Gasteiger partial charge in [-0.15, -0.1) is 10.2 Å². The summed E-state index contributed by atoms with van der Waals surface area (Å²) in [4.78, 5) is 15.0. The molecule has 5 nitrogen and oxygen atoms in total. The molecule has 3 rings (SSSR count). The van der Waals surface area contributed by atoms with E-state index in [4.69, 9.17) is 16.3 Å². The molecule has 1 fully saturated rings. The lowest BCUT2D eigenvalue weighted by Crippen LogP contribution is -2.39. The number of rotatable bonds is 5. The number of hydrogen-bond donors (Lipinski definition) is 0. The first-order valence-electron chi connectivity index (χ1n) is 8.58. The Hall–Kier alpha value is -2.14. The zero-order chi connectivity index (χ0) is 17.8. The van der Waals surface area contributed by atoms with Crippen LogP contribution in [0.2, 0.25) is 5.15 Å². The molecule has 1 aromatic carbocycles. The van der Waals surface area contributed by atoms with Crippen molar-refractivity contribution in [2.45, 2.75) is 32.8 Å². The summed E-state index contributed by atoms with van der Waals surface area (Å²) in [5.41, 5.74) is 0.701. The van der Waals surface area contributed by atoms with Gasteiger partial charge in [0.15, 0.2) is 16.8 Å². The Labute approximate surface area is 153 Å². The highest BCUT2D eigenvalue weighted by atomic mass is 35.5. The number of nitrogens with zero attached hydrogens (tertiary/aromatic N) is 3. The number of carbonyl (C=O) groups excluding carboxylic acids is 1. The van der Waals surface area contributed by atoms with Gasteiger partial charge in [0.2, 0.25) is 0 Å². The molecular weight excluding hydrogens is 338 g/mol. The fourth-order valence-corrected chi connectivity index (χ4v) is 3.21. The number of Topliss-reactive ketones (excluding diaryl/α,β-unsaturated/α-hetero) is 1. The molecule has 0 N–H and O–H groups in total. The van der Waals surface area contributed by atoms with Crippen LogP contribution in [0.1, 0.15) is 37.0 Å². The molecule has 1 aliphatic rings. The largest absolute Gasteiger partial charge is 0.491 e. The second kappa shape index (κ2) is 7.83. The molecule has 132 valence electrons. The van der Waals surface area contributed by atoms with E-state index in [1.807, 2.05) is 44.2 Å². The fourth-order valence-electron chi connectivity index (χ4n) is 3.11. The Balaban J connectivity index is 1.72. The second-order valence-corrected chi connectivity index (χ2v) is 6.95. The lowest BCUT2D eigenvalue weighted by atomic mass is 9.90. The van der Waals surface area contributed by atoms with Gasteiger partial charge in [0, 0.05) is 24.6 Å². The molecule has 1 saturated heterocycles. The SMILES string of the molecule is CC(C)Oc1cccc(C(=O)[C@H]2CCCN(c3ccc(Cl)nn3)C2)c1. The highest BCUT2D eigenvalue weighted by molar-refractivity contribution is 6.29. The van der Waals surface area contributed by atoms with Crippen LogP contribution in [0.25, 0.3) is 0 Å². The second-order valence-electron chi connectivity index (χ2n) is 6.56. The van der Waals surface area contributed by atoms with E-state index < -0.39 is 0 Å². The Morgan fingerprint density at radius 2 is 2.12 bits per heavy atom. The molecule has 25 heavy (non-hydrogen) atoms. The Bertz CT molecular complexity index is 734. The van der Waals surface area contributed by atoms with Crippen LogP contribution in [0.5, 0.6) is 5.75 Å². The van der Waals surface area contributed by atoms with Gasteiger partial charge in [-0.2, -0.15) is 0 Å². The number of ketones is 1. The highest BCUT2D eigenvalue weighted by Gasteiger charge is 2.27. The van der Waals surface area contributed by atoms with Crippen LogP contribution in [-0.2, 0) is 0 Å². The molecule has 0 bridgehead atoms. The first-order chi connectivity index (χ1) is 12.0. The van der Waals surface area contributed by atoms with E-state index in [0.29, 0.717) is 17.3 Å². The summed E-state index contributed by atoms with van der Waals surface area (Å²) >= 11 is 5.80. The smallest absolute Gasteiger partial charge is 0.167 e. The van der Waals surface area contributed by atoms with Crippen molar-refractivity contribution >= 4 is 23.2 Å². The minimum Gasteiger partial charge on any atom is -0.491 e. The third-order valence-electron chi connectivity index (χ3n) is 4.22. The average Bonchev–Trinajstić information content (AvgIpc) is 2.61. The molecule has 0 spiro atoms. The number of anilines is 1. The van der Waals surface area contributed by atoms with E-state index >= 15 is 0 Å². The Morgan fingerprint density at radius 3 is 2.84 bits per heavy atom. The number of hydrogen-bond acceptors (Lipinski definition) is 5. The molecule has 0 radical (unpaired) electrons. The number of ether oxygens (including phenoxy) is 1. The van der Waals surface area contributed by atoms with Crippen LogP contribution in [0.4, 0.5) is 5.82 Å². The van der Waals surface area contributed by atoms with Gasteiger partial charge in [-0.3, -0.25) is 4.79 Å². The summed E-state index contributed by atoms with van der Waals surface area (Å²) < 4.78 is 5.70. The van der Waals surface area contributed by atoms with E-state index in [1.165, 1.54) is 0 Å². The first kappa shape index (κ1) is 17.7. The van der Waals surface area contributed by atoms with Gasteiger partial charge < -0.3 is 9.64 Å². The number of carbonyl (C=O) groups is 1. The van der Waals surface area contributed by atoms with Crippen LogP contribution in [0.15, 0.2) is 36.4 Å².